The minimum Gasteiger partial charge on any atom is -0.451 e. The molecule has 0 aromatic heterocycles. The lowest BCUT2D eigenvalue weighted by Crippen LogP contribution is -2.03. The van der Waals surface area contributed by atoms with Crippen molar-refractivity contribution in [1.82, 2.24) is 0 Å². The van der Waals surface area contributed by atoms with Crippen LogP contribution in [0.15, 0.2) is 25.3 Å². The molecule has 0 bridgehead atoms. The van der Waals surface area contributed by atoms with Gasteiger partial charge >= 0.3 is 11.9 Å². The van der Waals surface area contributed by atoms with E-state index >= 15 is 0 Å². The van der Waals surface area contributed by atoms with Crippen molar-refractivity contribution in [1.29, 1.82) is 0 Å². The first-order valence-corrected chi connectivity index (χ1v) is 4.52. The van der Waals surface area contributed by atoms with Gasteiger partial charge in [0.25, 0.3) is 0 Å². The molecule has 0 amide bonds. The van der Waals surface area contributed by atoms with Crippen molar-refractivity contribution >= 4 is 23.7 Å². The Balaban J connectivity index is 3.26. The molecule has 0 rings (SSSR count). The molecule has 0 aliphatic heterocycles. The van der Waals surface area contributed by atoms with Crippen molar-refractivity contribution in [2.45, 2.75) is 0 Å². The summed E-state index contributed by atoms with van der Waals surface area (Å²) >= 11 is 1.16. The van der Waals surface area contributed by atoms with Gasteiger partial charge in [0.2, 0.25) is 0 Å². The number of thioether (sulfide) groups is 1. The lowest BCUT2D eigenvalue weighted by atomic mass is 10.7. The Kier molecular flexibility index (Phi) is 6.72. The van der Waals surface area contributed by atoms with Crippen molar-refractivity contribution in [3.8, 4) is 0 Å². The molecule has 0 unspecified atom stereocenters. The van der Waals surface area contributed by atoms with Crippen molar-refractivity contribution in [3.63, 3.8) is 0 Å². The van der Waals surface area contributed by atoms with E-state index in [0.717, 1.165) is 23.9 Å². The van der Waals surface area contributed by atoms with Crippen LogP contribution in [0.25, 0.3) is 0 Å². The molecule has 0 saturated heterocycles. The van der Waals surface area contributed by atoms with Gasteiger partial charge < -0.3 is 9.47 Å². The second-order valence-electron chi connectivity index (χ2n) is 1.77. The standard InChI is InChI=1S/C8H10O4S/c1-3-7(9)11-5-13-6-12-8(10)4-2/h3-4H,1-2,5-6H2. The molecule has 0 heterocycles. The maximum atomic E-state index is 10.5. The maximum absolute atomic E-state index is 10.5. The summed E-state index contributed by atoms with van der Waals surface area (Å²) in [6.07, 6.45) is 2.13. The first kappa shape index (κ1) is 11.8. The Hall–Kier alpha value is -1.23. The number of ether oxygens (including phenoxy) is 2. The largest absolute Gasteiger partial charge is 0.451 e. The van der Waals surface area contributed by atoms with Crippen LogP contribution in [0.2, 0.25) is 0 Å². The van der Waals surface area contributed by atoms with E-state index in [1.165, 1.54) is 0 Å². The number of rotatable bonds is 6. The molecule has 0 atom stereocenters. The minimum absolute atomic E-state index is 0.134. The molecule has 0 aliphatic rings. The van der Waals surface area contributed by atoms with Gasteiger partial charge in [0.15, 0.2) is 0 Å². The van der Waals surface area contributed by atoms with E-state index in [1.54, 1.807) is 0 Å². The lowest BCUT2D eigenvalue weighted by Gasteiger charge is -2.01. The second-order valence-corrected chi connectivity index (χ2v) is 2.65. The lowest BCUT2D eigenvalue weighted by molar-refractivity contribution is -0.135. The minimum atomic E-state index is -0.498. The van der Waals surface area contributed by atoms with Gasteiger partial charge in [-0.15, -0.1) is 0 Å². The molecule has 0 N–H and O–H groups in total. The molecular weight excluding hydrogens is 192 g/mol. The third-order valence-corrected chi connectivity index (χ3v) is 1.47. The maximum Gasteiger partial charge on any atom is 0.330 e. The first-order chi connectivity index (χ1) is 6.20. The van der Waals surface area contributed by atoms with Crippen LogP contribution in [0.1, 0.15) is 0 Å². The quantitative estimate of drug-likeness (QED) is 0.279. The summed E-state index contributed by atoms with van der Waals surface area (Å²) in [4.78, 5) is 21.0. The molecule has 0 spiro atoms. The Morgan fingerprint density at radius 2 is 1.46 bits per heavy atom. The van der Waals surface area contributed by atoms with Gasteiger partial charge in [-0.25, -0.2) is 9.59 Å². The summed E-state index contributed by atoms with van der Waals surface area (Å²) in [6, 6.07) is 0. The molecule has 0 aromatic rings. The molecule has 13 heavy (non-hydrogen) atoms. The molecule has 5 heteroatoms. The van der Waals surface area contributed by atoms with Crippen LogP contribution in [0.3, 0.4) is 0 Å². The zero-order chi connectivity index (χ0) is 10.1. The Morgan fingerprint density at radius 3 is 1.77 bits per heavy atom. The number of carbonyl (C=O) groups excluding carboxylic acids is 2. The van der Waals surface area contributed by atoms with Crippen LogP contribution < -0.4 is 0 Å². The number of hydrogen-bond donors (Lipinski definition) is 0. The smallest absolute Gasteiger partial charge is 0.330 e. The molecular formula is C8H10O4S. The first-order valence-electron chi connectivity index (χ1n) is 3.37. The predicted octanol–water partition coefficient (Wildman–Crippen LogP) is 1.09. The van der Waals surface area contributed by atoms with Crippen molar-refractivity contribution in [3.05, 3.63) is 25.3 Å². The predicted molar refractivity (Wildman–Crippen MR) is 49.9 cm³/mol. The molecule has 0 aromatic carbocycles. The fourth-order valence-corrected chi connectivity index (χ4v) is 0.818. The highest BCUT2D eigenvalue weighted by Crippen LogP contribution is 2.01. The summed E-state index contributed by atoms with van der Waals surface area (Å²) in [6.45, 7) is 6.44. The molecule has 0 radical (unpaired) electrons. The SMILES string of the molecule is C=CC(=O)OCSCOC(=O)C=C. The fraction of sp³-hybridized carbons (Fsp3) is 0.250. The molecule has 0 aliphatic carbocycles. The van der Waals surface area contributed by atoms with Gasteiger partial charge in [-0.3, -0.25) is 0 Å². The summed E-state index contributed by atoms with van der Waals surface area (Å²) in [5.41, 5.74) is 0. The Bertz CT molecular complexity index is 190. The third-order valence-electron chi connectivity index (χ3n) is 0.902. The highest BCUT2D eigenvalue weighted by Gasteiger charge is 1.97. The van der Waals surface area contributed by atoms with Crippen molar-refractivity contribution in [2.24, 2.45) is 0 Å². The van der Waals surface area contributed by atoms with E-state index in [1.807, 2.05) is 0 Å². The van der Waals surface area contributed by atoms with E-state index in [4.69, 9.17) is 0 Å². The van der Waals surface area contributed by atoms with Gasteiger partial charge in [-0.1, -0.05) is 24.9 Å². The normalized spacial score (nSPS) is 8.62. The van der Waals surface area contributed by atoms with E-state index in [0.29, 0.717) is 0 Å². The summed E-state index contributed by atoms with van der Waals surface area (Å²) in [7, 11) is 0. The number of esters is 2. The van der Waals surface area contributed by atoms with E-state index < -0.39 is 11.9 Å². The number of hydrogen-bond acceptors (Lipinski definition) is 5. The summed E-state index contributed by atoms with van der Waals surface area (Å²) < 4.78 is 9.19. The average Bonchev–Trinajstić information content (AvgIpc) is 2.16. The second kappa shape index (κ2) is 7.42. The monoisotopic (exact) mass is 202 g/mol. The van der Waals surface area contributed by atoms with Gasteiger partial charge in [-0.05, 0) is 0 Å². The molecule has 0 saturated carbocycles. The highest BCUT2D eigenvalue weighted by atomic mass is 32.2. The van der Waals surface area contributed by atoms with Crippen LogP contribution in [-0.2, 0) is 19.1 Å². The van der Waals surface area contributed by atoms with Crippen molar-refractivity contribution < 1.29 is 19.1 Å². The Labute approximate surface area is 80.6 Å². The van der Waals surface area contributed by atoms with E-state index in [2.05, 4.69) is 22.6 Å². The summed E-state index contributed by atoms with van der Waals surface area (Å²) in [5, 5.41) is 0. The third kappa shape index (κ3) is 7.14. The molecule has 72 valence electrons. The fourth-order valence-electron chi connectivity index (χ4n) is 0.351. The zero-order valence-electron chi connectivity index (χ0n) is 7.02. The average molecular weight is 202 g/mol. The van der Waals surface area contributed by atoms with Crippen LogP contribution in [0, 0.1) is 0 Å². The van der Waals surface area contributed by atoms with Gasteiger partial charge in [0.1, 0.15) is 11.9 Å². The van der Waals surface area contributed by atoms with E-state index in [-0.39, 0.29) is 11.9 Å². The van der Waals surface area contributed by atoms with Gasteiger partial charge in [-0.2, -0.15) is 0 Å². The zero-order valence-corrected chi connectivity index (χ0v) is 7.84. The van der Waals surface area contributed by atoms with Crippen molar-refractivity contribution in [2.75, 3.05) is 11.9 Å². The topological polar surface area (TPSA) is 52.6 Å². The van der Waals surface area contributed by atoms with Crippen LogP contribution in [0.4, 0.5) is 0 Å². The molecule has 4 nitrogen and oxygen atoms in total. The Morgan fingerprint density at radius 1 is 1.08 bits per heavy atom. The van der Waals surface area contributed by atoms with Gasteiger partial charge in [0, 0.05) is 12.2 Å². The van der Waals surface area contributed by atoms with Crippen LogP contribution >= 0.6 is 11.8 Å². The van der Waals surface area contributed by atoms with E-state index in [9.17, 15) is 9.59 Å². The highest BCUT2D eigenvalue weighted by molar-refractivity contribution is 7.99. The molecule has 0 fully saturated rings. The number of carbonyl (C=O) groups is 2. The summed E-state index contributed by atoms with van der Waals surface area (Å²) in [5.74, 6) is -0.727. The van der Waals surface area contributed by atoms with Gasteiger partial charge in [0.05, 0.1) is 0 Å². The van der Waals surface area contributed by atoms with Crippen LogP contribution in [0.5, 0.6) is 0 Å². The van der Waals surface area contributed by atoms with Crippen LogP contribution in [-0.4, -0.2) is 23.8 Å².